The molecule has 0 aromatic heterocycles. The van der Waals surface area contributed by atoms with E-state index in [2.05, 4.69) is 21.2 Å². The normalized spacial score (nSPS) is 10.1. The fourth-order valence-electron chi connectivity index (χ4n) is 2.20. The van der Waals surface area contributed by atoms with Gasteiger partial charge in [0, 0.05) is 17.1 Å². The molecule has 0 unspecified atom stereocenters. The highest BCUT2D eigenvalue weighted by molar-refractivity contribution is 9.10. The van der Waals surface area contributed by atoms with Gasteiger partial charge in [-0.05, 0) is 43.3 Å². The van der Waals surface area contributed by atoms with Crippen molar-refractivity contribution in [1.82, 2.24) is 0 Å². The van der Waals surface area contributed by atoms with E-state index in [-0.39, 0.29) is 18.4 Å². The number of para-hydroxylation sites is 2. The van der Waals surface area contributed by atoms with Crippen molar-refractivity contribution in [3.05, 3.63) is 53.0 Å². The molecule has 126 valence electrons. The van der Waals surface area contributed by atoms with Crippen LogP contribution in [0, 0.1) is 0 Å². The number of benzene rings is 2. The van der Waals surface area contributed by atoms with Crippen molar-refractivity contribution in [3.8, 4) is 5.75 Å². The van der Waals surface area contributed by atoms with Gasteiger partial charge >= 0.3 is 0 Å². The standard InChI is InChI=1S/C18H19BrN2O3/c1-3-24-17-7-5-4-6-16(17)21(13(2)22)12-18(23)20-15-10-8-14(19)9-11-15/h4-11H,3,12H2,1-2H3,(H,20,23). The molecular weight excluding hydrogens is 372 g/mol. The molecule has 0 saturated heterocycles. The van der Waals surface area contributed by atoms with Crippen LogP contribution in [-0.4, -0.2) is 25.0 Å². The van der Waals surface area contributed by atoms with Gasteiger partial charge in [-0.1, -0.05) is 28.1 Å². The molecule has 2 aromatic carbocycles. The third-order valence-electron chi connectivity index (χ3n) is 3.27. The molecule has 0 atom stereocenters. The zero-order valence-electron chi connectivity index (χ0n) is 13.6. The second-order valence-corrected chi connectivity index (χ2v) is 5.98. The molecule has 0 bridgehead atoms. The van der Waals surface area contributed by atoms with Crippen LogP contribution in [-0.2, 0) is 9.59 Å². The van der Waals surface area contributed by atoms with Crippen molar-refractivity contribution in [2.75, 3.05) is 23.4 Å². The molecule has 1 N–H and O–H groups in total. The molecule has 24 heavy (non-hydrogen) atoms. The first-order valence-electron chi connectivity index (χ1n) is 7.56. The molecule has 0 aliphatic heterocycles. The third kappa shape index (κ3) is 4.83. The lowest BCUT2D eigenvalue weighted by Gasteiger charge is -2.23. The Morgan fingerprint density at radius 2 is 1.79 bits per heavy atom. The van der Waals surface area contributed by atoms with Crippen LogP contribution in [0.5, 0.6) is 5.75 Å². The summed E-state index contributed by atoms with van der Waals surface area (Å²) in [6, 6.07) is 14.4. The van der Waals surface area contributed by atoms with Crippen LogP contribution in [0.1, 0.15) is 13.8 Å². The topological polar surface area (TPSA) is 58.6 Å². The summed E-state index contributed by atoms with van der Waals surface area (Å²) in [5.74, 6) is 0.0681. The number of hydrogen-bond acceptors (Lipinski definition) is 3. The Hall–Kier alpha value is -2.34. The minimum atomic E-state index is -0.279. The van der Waals surface area contributed by atoms with Crippen molar-refractivity contribution < 1.29 is 14.3 Å². The number of ether oxygens (including phenoxy) is 1. The van der Waals surface area contributed by atoms with E-state index < -0.39 is 0 Å². The lowest BCUT2D eigenvalue weighted by molar-refractivity contribution is -0.120. The number of amides is 2. The number of halogens is 1. The quantitative estimate of drug-likeness (QED) is 0.814. The predicted octanol–water partition coefficient (Wildman–Crippen LogP) is 3.84. The summed E-state index contributed by atoms with van der Waals surface area (Å²) in [4.78, 5) is 25.7. The van der Waals surface area contributed by atoms with E-state index in [4.69, 9.17) is 4.74 Å². The summed E-state index contributed by atoms with van der Waals surface area (Å²) in [6.45, 7) is 3.69. The Kier molecular flexibility index (Phi) is 6.37. The molecule has 6 heteroatoms. The second-order valence-electron chi connectivity index (χ2n) is 5.06. The number of carbonyl (C=O) groups excluding carboxylic acids is 2. The number of nitrogens with one attached hydrogen (secondary N) is 1. The van der Waals surface area contributed by atoms with E-state index in [1.54, 1.807) is 30.3 Å². The van der Waals surface area contributed by atoms with E-state index >= 15 is 0 Å². The third-order valence-corrected chi connectivity index (χ3v) is 3.79. The van der Waals surface area contributed by atoms with Crippen LogP contribution in [0.3, 0.4) is 0 Å². The fraction of sp³-hybridized carbons (Fsp3) is 0.222. The summed E-state index contributed by atoms with van der Waals surface area (Å²) >= 11 is 3.34. The largest absolute Gasteiger partial charge is 0.492 e. The summed E-state index contributed by atoms with van der Waals surface area (Å²) < 4.78 is 6.48. The lowest BCUT2D eigenvalue weighted by atomic mass is 10.2. The Morgan fingerprint density at radius 1 is 1.12 bits per heavy atom. The summed E-state index contributed by atoms with van der Waals surface area (Å²) in [5, 5.41) is 2.78. The molecule has 0 heterocycles. The number of rotatable bonds is 6. The zero-order chi connectivity index (χ0) is 17.5. The monoisotopic (exact) mass is 390 g/mol. The van der Waals surface area contributed by atoms with Gasteiger partial charge in [-0.25, -0.2) is 0 Å². The SMILES string of the molecule is CCOc1ccccc1N(CC(=O)Nc1ccc(Br)cc1)C(C)=O. The number of nitrogens with zero attached hydrogens (tertiary/aromatic N) is 1. The molecule has 0 radical (unpaired) electrons. The van der Waals surface area contributed by atoms with Crippen molar-refractivity contribution in [2.24, 2.45) is 0 Å². The van der Waals surface area contributed by atoms with Crippen LogP contribution in [0.2, 0.25) is 0 Å². The average Bonchev–Trinajstić information content (AvgIpc) is 2.56. The van der Waals surface area contributed by atoms with Crippen LogP contribution < -0.4 is 15.0 Å². The van der Waals surface area contributed by atoms with E-state index in [9.17, 15) is 9.59 Å². The van der Waals surface area contributed by atoms with Crippen LogP contribution in [0.4, 0.5) is 11.4 Å². The molecule has 0 aliphatic rings. The van der Waals surface area contributed by atoms with Crippen LogP contribution in [0.25, 0.3) is 0 Å². The summed E-state index contributed by atoms with van der Waals surface area (Å²) in [5.41, 5.74) is 1.25. The maximum absolute atomic E-state index is 12.3. The van der Waals surface area contributed by atoms with Crippen LogP contribution >= 0.6 is 15.9 Å². The maximum Gasteiger partial charge on any atom is 0.244 e. The first-order valence-corrected chi connectivity index (χ1v) is 8.36. The van der Waals surface area contributed by atoms with Gasteiger partial charge < -0.3 is 10.1 Å². The second kappa shape index (κ2) is 8.49. The minimum absolute atomic E-state index is 0.0878. The zero-order valence-corrected chi connectivity index (χ0v) is 15.2. The molecular formula is C18H19BrN2O3. The van der Waals surface area contributed by atoms with Gasteiger partial charge in [0.1, 0.15) is 12.3 Å². The van der Waals surface area contributed by atoms with Gasteiger partial charge in [0.05, 0.1) is 12.3 Å². The highest BCUT2D eigenvalue weighted by atomic mass is 79.9. The minimum Gasteiger partial charge on any atom is -0.492 e. The Balaban J connectivity index is 2.15. The molecule has 0 aliphatic carbocycles. The lowest BCUT2D eigenvalue weighted by Crippen LogP contribution is -2.37. The highest BCUT2D eigenvalue weighted by Gasteiger charge is 2.19. The van der Waals surface area contributed by atoms with Crippen molar-refractivity contribution >= 4 is 39.1 Å². The van der Waals surface area contributed by atoms with Gasteiger partial charge in [-0.3, -0.25) is 14.5 Å². The Bertz CT molecular complexity index is 716. The fourth-order valence-corrected chi connectivity index (χ4v) is 2.47. The molecule has 0 saturated carbocycles. The first-order chi connectivity index (χ1) is 11.5. The summed E-state index contributed by atoms with van der Waals surface area (Å²) in [6.07, 6.45) is 0. The van der Waals surface area contributed by atoms with Crippen molar-refractivity contribution in [1.29, 1.82) is 0 Å². The smallest absolute Gasteiger partial charge is 0.244 e. The van der Waals surface area contributed by atoms with Crippen molar-refractivity contribution in [3.63, 3.8) is 0 Å². The van der Waals surface area contributed by atoms with Gasteiger partial charge in [-0.15, -0.1) is 0 Å². The molecule has 0 spiro atoms. The maximum atomic E-state index is 12.3. The van der Waals surface area contributed by atoms with Gasteiger partial charge in [0.2, 0.25) is 11.8 Å². The molecule has 2 amide bonds. The first kappa shape index (κ1) is 18.0. The summed E-state index contributed by atoms with van der Waals surface area (Å²) in [7, 11) is 0. The average molecular weight is 391 g/mol. The molecule has 2 aromatic rings. The molecule has 2 rings (SSSR count). The Labute approximate surface area is 149 Å². The molecule has 5 nitrogen and oxygen atoms in total. The van der Waals surface area contributed by atoms with Crippen molar-refractivity contribution in [2.45, 2.75) is 13.8 Å². The number of anilines is 2. The van der Waals surface area contributed by atoms with Crippen LogP contribution in [0.15, 0.2) is 53.0 Å². The molecule has 0 fully saturated rings. The highest BCUT2D eigenvalue weighted by Crippen LogP contribution is 2.28. The van der Waals surface area contributed by atoms with Gasteiger partial charge in [-0.2, -0.15) is 0 Å². The number of hydrogen-bond donors (Lipinski definition) is 1. The van der Waals surface area contributed by atoms with Gasteiger partial charge in [0.25, 0.3) is 0 Å². The Morgan fingerprint density at radius 3 is 2.42 bits per heavy atom. The van der Waals surface area contributed by atoms with E-state index in [1.165, 1.54) is 11.8 Å². The van der Waals surface area contributed by atoms with Gasteiger partial charge in [0.15, 0.2) is 0 Å². The van der Waals surface area contributed by atoms with E-state index in [1.807, 2.05) is 25.1 Å². The number of carbonyl (C=O) groups is 2. The van der Waals surface area contributed by atoms with E-state index in [0.717, 1.165) is 4.47 Å². The predicted molar refractivity (Wildman–Crippen MR) is 98.4 cm³/mol. The van der Waals surface area contributed by atoms with E-state index in [0.29, 0.717) is 23.7 Å².